The Morgan fingerprint density at radius 1 is 0.404 bits per heavy atom. The van der Waals surface area contributed by atoms with E-state index in [1.165, 1.54) is 38.0 Å². The van der Waals surface area contributed by atoms with E-state index in [9.17, 15) is 0 Å². The van der Waals surface area contributed by atoms with Gasteiger partial charge in [-0.2, -0.15) is 0 Å². The molecule has 0 amide bonds. The van der Waals surface area contributed by atoms with Crippen LogP contribution in [0.3, 0.4) is 0 Å². The largest absolute Gasteiger partial charge is 0.452 e. The number of nitrogens with zero attached hydrogens (tertiary/aromatic N) is 3. The summed E-state index contributed by atoms with van der Waals surface area (Å²) in [6.45, 7) is 0. The van der Waals surface area contributed by atoms with Gasteiger partial charge in [0.2, 0.25) is 0 Å². The number of benzene rings is 8. The van der Waals surface area contributed by atoms with Crippen molar-refractivity contribution < 1.29 is 4.42 Å². The van der Waals surface area contributed by atoms with Gasteiger partial charge in [-0.25, -0.2) is 9.97 Å². The van der Waals surface area contributed by atoms with Crippen molar-refractivity contribution in [2.24, 2.45) is 0 Å². The molecule has 0 spiro atoms. The molecule has 0 bridgehead atoms. The summed E-state index contributed by atoms with van der Waals surface area (Å²) in [5, 5.41) is 8.30. The van der Waals surface area contributed by atoms with Crippen LogP contribution in [0.5, 0.6) is 0 Å². The molecule has 0 aliphatic heterocycles. The Hall–Kier alpha value is -7.04. The first-order chi connectivity index (χ1) is 25.8. The Kier molecular flexibility index (Phi) is 6.22. The number of furan rings is 1. The predicted molar refractivity (Wildman–Crippen MR) is 215 cm³/mol. The maximum Gasteiger partial charge on any atom is 0.180 e. The van der Waals surface area contributed by atoms with Gasteiger partial charge in [-0.15, -0.1) is 0 Å². The van der Waals surface area contributed by atoms with Gasteiger partial charge in [-0.05, 0) is 75.1 Å². The number of para-hydroxylation sites is 2. The third-order valence-electron chi connectivity index (χ3n) is 10.4. The highest BCUT2D eigenvalue weighted by Gasteiger charge is 2.20. The summed E-state index contributed by atoms with van der Waals surface area (Å²) in [5.74, 6) is 0.670. The van der Waals surface area contributed by atoms with Gasteiger partial charge in [0.25, 0.3) is 0 Å². The molecular formula is C48H29N3O. The molecule has 0 atom stereocenters. The van der Waals surface area contributed by atoms with Crippen molar-refractivity contribution in [3.8, 4) is 39.5 Å². The van der Waals surface area contributed by atoms with Crippen LogP contribution in [-0.2, 0) is 0 Å². The average molecular weight is 664 g/mol. The van der Waals surface area contributed by atoms with Crippen LogP contribution in [0.25, 0.3) is 105 Å². The van der Waals surface area contributed by atoms with E-state index in [0.29, 0.717) is 11.4 Å². The molecule has 0 saturated heterocycles. The Balaban J connectivity index is 1.10. The van der Waals surface area contributed by atoms with Crippen LogP contribution in [-0.4, -0.2) is 14.5 Å². The van der Waals surface area contributed by atoms with E-state index in [0.717, 1.165) is 55.5 Å². The molecule has 3 heterocycles. The molecule has 0 radical (unpaired) electrons. The molecule has 0 aliphatic carbocycles. The topological polar surface area (TPSA) is 43.9 Å². The van der Waals surface area contributed by atoms with Gasteiger partial charge in [-0.3, -0.25) is 0 Å². The summed E-state index contributed by atoms with van der Waals surface area (Å²) in [5.41, 5.74) is 10.7. The van der Waals surface area contributed by atoms with Gasteiger partial charge in [0.1, 0.15) is 16.8 Å². The van der Waals surface area contributed by atoms with E-state index in [2.05, 4.69) is 162 Å². The van der Waals surface area contributed by atoms with Crippen LogP contribution in [0, 0.1) is 0 Å². The first-order valence-corrected chi connectivity index (χ1v) is 17.6. The predicted octanol–water partition coefficient (Wildman–Crippen LogP) is 12.8. The van der Waals surface area contributed by atoms with Gasteiger partial charge >= 0.3 is 0 Å². The number of hydrogen-bond donors (Lipinski definition) is 0. The van der Waals surface area contributed by atoms with E-state index in [4.69, 9.17) is 14.4 Å². The van der Waals surface area contributed by atoms with Crippen molar-refractivity contribution in [1.82, 2.24) is 14.5 Å². The summed E-state index contributed by atoms with van der Waals surface area (Å²) in [6.07, 6.45) is 0. The molecule has 4 nitrogen and oxygen atoms in total. The van der Waals surface area contributed by atoms with Crippen molar-refractivity contribution in [3.05, 3.63) is 176 Å². The maximum absolute atomic E-state index is 6.65. The van der Waals surface area contributed by atoms with E-state index >= 15 is 0 Å². The molecule has 3 aromatic heterocycles. The monoisotopic (exact) mass is 663 g/mol. The fraction of sp³-hybridized carbons (Fsp3) is 0. The number of aromatic nitrogens is 3. The zero-order valence-electron chi connectivity index (χ0n) is 28.0. The highest BCUT2D eigenvalue weighted by molar-refractivity contribution is 6.12. The quantitative estimate of drug-likeness (QED) is 0.176. The third-order valence-corrected chi connectivity index (χ3v) is 10.4. The van der Waals surface area contributed by atoms with Gasteiger partial charge in [-0.1, -0.05) is 133 Å². The van der Waals surface area contributed by atoms with Crippen LogP contribution < -0.4 is 0 Å². The molecule has 11 aromatic rings. The minimum absolute atomic E-state index is 0.670. The summed E-state index contributed by atoms with van der Waals surface area (Å²) in [6, 6.07) is 62.1. The minimum atomic E-state index is 0.670. The molecule has 4 heteroatoms. The average Bonchev–Trinajstić information content (AvgIpc) is 3.76. The second-order valence-corrected chi connectivity index (χ2v) is 13.4. The van der Waals surface area contributed by atoms with Crippen LogP contribution in [0.1, 0.15) is 0 Å². The SMILES string of the molecule is c1ccc(-c2nc(-c3ccc4c(ccc5ccccc54)c3)c3oc4ccc(-c5cccc(-n6c7ccccc7c7ccccc76)c5)cc4c3n2)cc1. The fourth-order valence-corrected chi connectivity index (χ4v) is 7.92. The Bertz CT molecular complexity index is 3140. The molecule has 242 valence electrons. The molecule has 0 aliphatic rings. The van der Waals surface area contributed by atoms with Gasteiger partial charge in [0.15, 0.2) is 11.4 Å². The molecule has 11 rings (SSSR count). The van der Waals surface area contributed by atoms with Gasteiger partial charge in [0.05, 0.1) is 11.0 Å². The molecule has 0 fully saturated rings. The second kappa shape index (κ2) is 11.2. The zero-order valence-corrected chi connectivity index (χ0v) is 28.0. The van der Waals surface area contributed by atoms with Crippen molar-refractivity contribution in [3.63, 3.8) is 0 Å². The van der Waals surface area contributed by atoms with Crippen molar-refractivity contribution in [2.75, 3.05) is 0 Å². The molecule has 0 N–H and O–H groups in total. The van der Waals surface area contributed by atoms with Crippen LogP contribution in [0.15, 0.2) is 180 Å². The Labute approximate surface area is 298 Å². The van der Waals surface area contributed by atoms with Crippen LogP contribution in [0.2, 0.25) is 0 Å². The first kappa shape index (κ1) is 28.8. The number of fused-ring (bicyclic) bond motifs is 9. The summed E-state index contributed by atoms with van der Waals surface area (Å²) in [7, 11) is 0. The van der Waals surface area contributed by atoms with Crippen LogP contribution >= 0.6 is 0 Å². The normalized spacial score (nSPS) is 11.8. The van der Waals surface area contributed by atoms with Crippen LogP contribution in [0.4, 0.5) is 0 Å². The lowest BCUT2D eigenvalue weighted by atomic mass is 9.98. The molecule has 52 heavy (non-hydrogen) atoms. The third kappa shape index (κ3) is 4.41. The lowest BCUT2D eigenvalue weighted by molar-refractivity contribution is 0.667. The summed E-state index contributed by atoms with van der Waals surface area (Å²) in [4.78, 5) is 10.3. The molecular weight excluding hydrogens is 635 g/mol. The molecule has 0 unspecified atom stereocenters. The Morgan fingerprint density at radius 3 is 1.88 bits per heavy atom. The van der Waals surface area contributed by atoms with Crippen molar-refractivity contribution in [2.45, 2.75) is 0 Å². The smallest absolute Gasteiger partial charge is 0.180 e. The maximum atomic E-state index is 6.65. The highest BCUT2D eigenvalue weighted by atomic mass is 16.3. The lowest BCUT2D eigenvalue weighted by Gasteiger charge is -2.10. The van der Waals surface area contributed by atoms with E-state index in [-0.39, 0.29) is 0 Å². The van der Waals surface area contributed by atoms with E-state index in [1.54, 1.807) is 0 Å². The fourth-order valence-electron chi connectivity index (χ4n) is 7.92. The van der Waals surface area contributed by atoms with Crippen molar-refractivity contribution in [1.29, 1.82) is 0 Å². The minimum Gasteiger partial charge on any atom is -0.452 e. The standard InChI is InChI=1S/C48H29N3O/c1-2-12-31(13-3-1)48-49-45(35-23-25-38-34(27-35)22-21-30-11-4-5-16-37(30)38)47-46(50-48)41-29-33(24-26-44(41)52-47)32-14-10-15-36(28-32)51-42-19-8-6-17-39(42)40-18-7-9-20-43(40)51/h1-29H. The van der Waals surface area contributed by atoms with E-state index in [1.807, 2.05) is 18.2 Å². The highest BCUT2D eigenvalue weighted by Crippen LogP contribution is 2.39. The van der Waals surface area contributed by atoms with Crippen molar-refractivity contribution >= 4 is 65.4 Å². The van der Waals surface area contributed by atoms with Gasteiger partial charge < -0.3 is 8.98 Å². The molecule has 0 saturated carbocycles. The van der Waals surface area contributed by atoms with Gasteiger partial charge in [0, 0.05) is 33.0 Å². The second-order valence-electron chi connectivity index (χ2n) is 13.4. The summed E-state index contributed by atoms with van der Waals surface area (Å²) >= 11 is 0. The lowest BCUT2D eigenvalue weighted by Crippen LogP contribution is -1.94. The summed E-state index contributed by atoms with van der Waals surface area (Å²) < 4.78 is 9.01. The zero-order chi connectivity index (χ0) is 34.2. The molecule has 8 aromatic carbocycles. The Morgan fingerprint density at radius 2 is 1.06 bits per heavy atom. The number of rotatable bonds is 4. The van der Waals surface area contributed by atoms with E-state index < -0.39 is 0 Å². The first-order valence-electron chi connectivity index (χ1n) is 17.6. The number of hydrogen-bond acceptors (Lipinski definition) is 3.